The number of aryl methyl sites for hydroxylation is 2. The molecule has 180 valence electrons. The first-order valence-electron chi connectivity index (χ1n) is 11.9. The molecule has 3 amide bonds. The average molecular weight is 474 g/mol. The second kappa shape index (κ2) is 8.95. The predicted molar refractivity (Wildman–Crippen MR) is 130 cm³/mol. The zero-order chi connectivity index (χ0) is 24.0. The van der Waals surface area contributed by atoms with Crippen LogP contribution < -0.4 is 10.6 Å². The maximum absolute atomic E-state index is 13.8. The maximum Gasteiger partial charge on any atom is 0.248 e. The van der Waals surface area contributed by atoms with Crippen molar-refractivity contribution in [3.8, 4) is 0 Å². The van der Waals surface area contributed by atoms with Crippen molar-refractivity contribution in [2.24, 2.45) is 11.8 Å². The van der Waals surface area contributed by atoms with Crippen LogP contribution in [0, 0.1) is 25.7 Å². The molecule has 3 heterocycles. The monoisotopic (exact) mass is 473 g/mol. The number of carbonyl (C=O) groups is 3. The lowest BCUT2D eigenvalue weighted by molar-refractivity contribution is -0.140. The number of aliphatic hydroxyl groups is 1. The Bertz CT molecular complexity index is 969. The number of hydrogen-bond donors (Lipinski definition) is 3. The summed E-state index contributed by atoms with van der Waals surface area (Å²) in [6.45, 7) is 6.59. The number of nitrogens with one attached hydrogen (secondary N) is 2. The van der Waals surface area contributed by atoms with Gasteiger partial charge in [0.25, 0.3) is 0 Å². The molecule has 2 unspecified atom stereocenters. The van der Waals surface area contributed by atoms with E-state index in [-0.39, 0.29) is 29.1 Å². The van der Waals surface area contributed by atoms with E-state index in [0.29, 0.717) is 13.0 Å². The van der Waals surface area contributed by atoms with Crippen LogP contribution in [0.15, 0.2) is 18.2 Å². The van der Waals surface area contributed by atoms with Gasteiger partial charge < -0.3 is 20.6 Å². The van der Waals surface area contributed by atoms with Crippen molar-refractivity contribution in [3.05, 3.63) is 29.3 Å². The number of hydrogen-bond acceptors (Lipinski definition) is 5. The number of unbranched alkanes of at least 4 members (excludes halogenated alkanes) is 2. The first kappa shape index (κ1) is 24.1. The van der Waals surface area contributed by atoms with Crippen LogP contribution in [-0.2, 0) is 14.4 Å². The van der Waals surface area contributed by atoms with Crippen molar-refractivity contribution >= 4 is 35.2 Å². The van der Waals surface area contributed by atoms with Crippen LogP contribution in [0.3, 0.4) is 0 Å². The summed E-state index contributed by atoms with van der Waals surface area (Å²) < 4.78 is -0.941. The third-order valence-corrected chi connectivity index (χ3v) is 9.75. The second-order valence-corrected chi connectivity index (χ2v) is 11.9. The molecule has 1 aromatic rings. The molecule has 7 nitrogen and oxygen atoms in total. The summed E-state index contributed by atoms with van der Waals surface area (Å²) in [5, 5.41) is 15.0. The maximum atomic E-state index is 13.8. The molecule has 0 aromatic heterocycles. The number of rotatable bonds is 8. The Labute approximate surface area is 200 Å². The van der Waals surface area contributed by atoms with E-state index in [1.807, 2.05) is 32.0 Å². The van der Waals surface area contributed by atoms with E-state index < -0.39 is 22.6 Å². The highest BCUT2D eigenvalue weighted by Gasteiger charge is 2.76. The Morgan fingerprint density at radius 1 is 1.18 bits per heavy atom. The van der Waals surface area contributed by atoms with E-state index in [1.54, 1.807) is 23.7 Å². The molecule has 0 saturated carbocycles. The van der Waals surface area contributed by atoms with Gasteiger partial charge in [-0.2, -0.15) is 0 Å². The summed E-state index contributed by atoms with van der Waals surface area (Å²) in [7, 11) is 1.62. The Balaban J connectivity index is 1.70. The molecule has 1 aromatic carbocycles. The molecule has 0 aliphatic carbocycles. The van der Waals surface area contributed by atoms with Gasteiger partial charge in [-0.05, 0) is 70.1 Å². The smallest absolute Gasteiger partial charge is 0.248 e. The summed E-state index contributed by atoms with van der Waals surface area (Å²) in [4.78, 5) is 42.3. The van der Waals surface area contributed by atoms with E-state index in [9.17, 15) is 14.4 Å². The highest BCUT2D eigenvalue weighted by atomic mass is 32.2. The van der Waals surface area contributed by atoms with Gasteiger partial charge in [-0.15, -0.1) is 11.8 Å². The van der Waals surface area contributed by atoms with Crippen molar-refractivity contribution in [3.63, 3.8) is 0 Å². The molecular weight excluding hydrogens is 438 g/mol. The molecule has 5 atom stereocenters. The molecule has 2 bridgehead atoms. The Morgan fingerprint density at radius 3 is 2.64 bits per heavy atom. The van der Waals surface area contributed by atoms with Crippen molar-refractivity contribution in [2.75, 3.05) is 25.5 Å². The van der Waals surface area contributed by atoms with Crippen molar-refractivity contribution in [1.82, 2.24) is 10.2 Å². The molecular formula is C25H35N3O4S. The summed E-state index contributed by atoms with van der Waals surface area (Å²) in [6, 6.07) is 5.33. The SMILES string of the molecule is CNC(=O)[C@@H]1[C@H]2C(=O)N(CCCCCO)C(C(=O)Nc3cc(C)ccc3C)C23CC[C@@]1(C)S3. The number of aliphatic hydroxyl groups excluding tert-OH is 1. The van der Waals surface area contributed by atoms with Crippen molar-refractivity contribution < 1.29 is 19.5 Å². The normalized spacial score (nSPS) is 32.2. The molecule has 3 aliphatic rings. The van der Waals surface area contributed by atoms with Gasteiger partial charge in [0.05, 0.1) is 16.6 Å². The lowest BCUT2D eigenvalue weighted by atomic mass is 9.66. The van der Waals surface area contributed by atoms with Crippen LogP contribution in [0.5, 0.6) is 0 Å². The van der Waals surface area contributed by atoms with Gasteiger partial charge in [0.15, 0.2) is 0 Å². The molecule has 3 aliphatic heterocycles. The third kappa shape index (κ3) is 3.85. The Hall–Kier alpha value is -2.06. The minimum absolute atomic E-state index is 0.0790. The fourth-order valence-corrected chi connectivity index (χ4v) is 8.52. The van der Waals surface area contributed by atoms with Crippen LogP contribution in [0.1, 0.15) is 50.2 Å². The number of likely N-dealkylation sites (tertiary alicyclic amines) is 1. The molecule has 4 rings (SSSR count). The minimum Gasteiger partial charge on any atom is -0.396 e. The number of benzene rings is 1. The summed E-state index contributed by atoms with van der Waals surface area (Å²) in [5.41, 5.74) is 2.79. The summed E-state index contributed by atoms with van der Waals surface area (Å²) >= 11 is 1.69. The zero-order valence-corrected chi connectivity index (χ0v) is 20.8. The van der Waals surface area contributed by atoms with Gasteiger partial charge in [-0.25, -0.2) is 0 Å². The van der Waals surface area contributed by atoms with Crippen LogP contribution >= 0.6 is 11.8 Å². The lowest BCUT2D eigenvalue weighted by Crippen LogP contribution is -2.52. The zero-order valence-electron chi connectivity index (χ0n) is 19.9. The standard InChI is InChI=1S/C25H35N3O4S/c1-15-8-9-16(2)17(14-15)27-22(31)20-25-11-10-24(3,33-25)18(21(30)26-4)19(25)23(32)28(20)12-6-5-7-13-29/h8-9,14,18-20,29H,5-7,10-13H2,1-4H3,(H,26,30)(H,27,31)/t18-,19-,20?,24+,25?/m0/s1. The molecule has 1 spiro atoms. The molecule has 3 saturated heterocycles. The number of fused-ring (bicyclic) bond motifs is 1. The van der Waals surface area contributed by atoms with E-state index >= 15 is 0 Å². The number of anilines is 1. The molecule has 0 radical (unpaired) electrons. The highest BCUT2D eigenvalue weighted by Crippen LogP contribution is 2.71. The number of amides is 3. The molecule has 3 fully saturated rings. The third-order valence-electron chi connectivity index (χ3n) is 7.76. The topological polar surface area (TPSA) is 98.7 Å². The molecule has 3 N–H and O–H groups in total. The Kier molecular flexibility index (Phi) is 6.53. The number of nitrogens with zero attached hydrogens (tertiary/aromatic N) is 1. The van der Waals surface area contributed by atoms with E-state index in [0.717, 1.165) is 42.5 Å². The first-order chi connectivity index (χ1) is 15.7. The van der Waals surface area contributed by atoms with Gasteiger partial charge in [-0.1, -0.05) is 12.1 Å². The van der Waals surface area contributed by atoms with Crippen LogP contribution in [0.4, 0.5) is 5.69 Å². The largest absolute Gasteiger partial charge is 0.396 e. The van der Waals surface area contributed by atoms with Crippen LogP contribution in [-0.4, -0.2) is 63.5 Å². The Morgan fingerprint density at radius 2 is 1.94 bits per heavy atom. The van der Waals surface area contributed by atoms with Gasteiger partial charge in [-0.3, -0.25) is 14.4 Å². The van der Waals surface area contributed by atoms with Gasteiger partial charge >= 0.3 is 0 Å². The van der Waals surface area contributed by atoms with Gasteiger partial charge in [0.1, 0.15) is 6.04 Å². The highest BCUT2D eigenvalue weighted by molar-refractivity contribution is 8.02. The predicted octanol–water partition coefficient (Wildman–Crippen LogP) is 2.63. The van der Waals surface area contributed by atoms with Crippen LogP contribution in [0.2, 0.25) is 0 Å². The van der Waals surface area contributed by atoms with E-state index in [4.69, 9.17) is 5.11 Å². The fourth-order valence-electron chi connectivity index (χ4n) is 6.17. The summed E-state index contributed by atoms with van der Waals surface area (Å²) in [6.07, 6.45) is 3.73. The average Bonchev–Trinajstić information content (AvgIpc) is 3.34. The number of thioether (sulfide) groups is 1. The quantitative estimate of drug-likeness (QED) is 0.504. The summed E-state index contributed by atoms with van der Waals surface area (Å²) in [5.74, 6) is -1.29. The van der Waals surface area contributed by atoms with E-state index in [1.165, 1.54) is 0 Å². The second-order valence-electron chi connectivity index (χ2n) is 9.97. The van der Waals surface area contributed by atoms with Crippen molar-refractivity contribution in [1.29, 1.82) is 0 Å². The first-order valence-corrected chi connectivity index (χ1v) is 12.7. The van der Waals surface area contributed by atoms with Crippen LogP contribution in [0.25, 0.3) is 0 Å². The van der Waals surface area contributed by atoms with E-state index in [2.05, 4.69) is 17.6 Å². The lowest BCUT2D eigenvalue weighted by Gasteiger charge is -2.34. The molecule has 8 heteroatoms. The minimum atomic E-state index is -0.620. The fraction of sp³-hybridized carbons (Fsp3) is 0.640. The van der Waals surface area contributed by atoms with Gasteiger partial charge in [0.2, 0.25) is 17.7 Å². The van der Waals surface area contributed by atoms with Gasteiger partial charge in [0, 0.05) is 30.6 Å². The van der Waals surface area contributed by atoms with Crippen molar-refractivity contribution in [2.45, 2.75) is 68.4 Å². The number of carbonyl (C=O) groups excluding carboxylic acids is 3. The molecule has 33 heavy (non-hydrogen) atoms.